The van der Waals surface area contributed by atoms with Gasteiger partial charge >= 0.3 is 0 Å². The third-order valence-electron chi connectivity index (χ3n) is 2.08. The van der Waals surface area contributed by atoms with Gasteiger partial charge in [0.1, 0.15) is 6.61 Å². The quantitative estimate of drug-likeness (QED) is 0.767. The van der Waals surface area contributed by atoms with Gasteiger partial charge in [0.15, 0.2) is 11.6 Å². The van der Waals surface area contributed by atoms with Crippen LogP contribution in [0.3, 0.4) is 0 Å². The summed E-state index contributed by atoms with van der Waals surface area (Å²) in [6, 6.07) is 6.40. The number of hydrogen-bond acceptors (Lipinski definition) is 3. The highest BCUT2D eigenvalue weighted by molar-refractivity contribution is 5.23. The highest BCUT2D eigenvalue weighted by atomic mass is 19.1. The molecule has 1 aromatic carbocycles. The van der Waals surface area contributed by atoms with E-state index in [0.717, 1.165) is 13.1 Å². The van der Waals surface area contributed by atoms with E-state index < -0.39 is 0 Å². The van der Waals surface area contributed by atoms with Crippen LogP contribution in [0.5, 0.6) is 5.75 Å². The summed E-state index contributed by atoms with van der Waals surface area (Å²) in [4.78, 5) is 2.04. The molecular weight excluding hydrogens is 195 g/mol. The fourth-order valence-electron chi connectivity index (χ4n) is 1.21. The standard InChI is InChI=1S/C11H17FN2O/c1-14(7-6-13)8-9-15-11-5-3-2-4-10(11)12/h2-5H,6-9,13H2,1H3. The molecule has 0 unspecified atom stereocenters. The van der Waals surface area contributed by atoms with Crippen LogP contribution in [-0.4, -0.2) is 38.2 Å². The van der Waals surface area contributed by atoms with Gasteiger partial charge in [0.25, 0.3) is 0 Å². The zero-order valence-electron chi connectivity index (χ0n) is 8.95. The molecule has 0 saturated carbocycles. The van der Waals surface area contributed by atoms with E-state index in [1.807, 2.05) is 11.9 Å². The molecule has 84 valence electrons. The van der Waals surface area contributed by atoms with E-state index in [2.05, 4.69) is 0 Å². The number of para-hydroxylation sites is 1. The summed E-state index contributed by atoms with van der Waals surface area (Å²) in [7, 11) is 1.96. The average Bonchev–Trinajstić information content (AvgIpc) is 2.21. The minimum atomic E-state index is -0.320. The highest BCUT2D eigenvalue weighted by Crippen LogP contribution is 2.14. The molecular formula is C11H17FN2O. The summed E-state index contributed by atoms with van der Waals surface area (Å²) in [5.74, 6) is -0.0161. The molecule has 0 heterocycles. The van der Waals surface area contributed by atoms with Crippen molar-refractivity contribution in [3.63, 3.8) is 0 Å². The van der Waals surface area contributed by atoms with Crippen LogP contribution >= 0.6 is 0 Å². The van der Waals surface area contributed by atoms with Gasteiger partial charge in [-0.15, -0.1) is 0 Å². The first kappa shape index (κ1) is 11.9. The predicted octanol–water partition coefficient (Wildman–Crippen LogP) is 1.09. The molecule has 15 heavy (non-hydrogen) atoms. The lowest BCUT2D eigenvalue weighted by Gasteiger charge is -2.15. The molecule has 0 amide bonds. The molecule has 1 rings (SSSR count). The summed E-state index contributed by atoms with van der Waals surface area (Å²) >= 11 is 0. The van der Waals surface area contributed by atoms with Crippen LogP contribution in [0, 0.1) is 5.82 Å². The van der Waals surface area contributed by atoms with Crippen molar-refractivity contribution in [2.75, 3.05) is 33.3 Å². The Balaban J connectivity index is 2.29. The van der Waals surface area contributed by atoms with Crippen molar-refractivity contribution in [3.8, 4) is 5.75 Å². The Labute approximate surface area is 89.6 Å². The maximum Gasteiger partial charge on any atom is 0.165 e. The third-order valence-corrected chi connectivity index (χ3v) is 2.08. The number of benzene rings is 1. The Morgan fingerprint density at radius 2 is 2.07 bits per heavy atom. The van der Waals surface area contributed by atoms with Crippen molar-refractivity contribution in [1.29, 1.82) is 0 Å². The molecule has 0 saturated heterocycles. The monoisotopic (exact) mass is 212 g/mol. The molecule has 4 heteroatoms. The first-order valence-electron chi connectivity index (χ1n) is 5.00. The maximum atomic E-state index is 13.1. The van der Waals surface area contributed by atoms with Crippen molar-refractivity contribution in [2.24, 2.45) is 5.73 Å². The van der Waals surface area contributed by atoms with Gasteiger partial charge in [-0.2, -0.15) is 0 Å². The number of halogens is 1. The Morgan fingerprint density at radius 1 is 1.33 bits per heavy atom. The van der Waals surface area contributed by atoms with E-state index in [4.69, 9.17) is 10.5 Å². The number of ether oxygens (including phenoxy) is 1. The van der Waals surface area contributed by atoms with Gasteiger partial charge in [-0.3, -0.25) is 0 Å². The lowest BCUT2D eigenvalue weighted by Crippen LogP contribution is -2.29. The average molecular weight is 212 g/mol. The van der Waals surface area contributed by atoms with E-state index >= 15 is 0 Å². The Hall–Kier alpha value is -1.13. The van der Waals surface area contributed by atoms with Crippen molar-refractivity contribution in [2.45, 2.75) is 0 Å². The zero-order chi connectivity index (χ0) is 11.1. The molecule has 0 spiro atoms. The fourth-order valence-corrected chi connectivity index (χ4v) is 1.21. The number of nitrogens with two attached hydrogens (primary N) is 1. The second-order valence-electron chi connectivity index (χ2n) is 3.37. The van der Waals surface area contributed by atoms with E-state index in [1.54, 1.807) is 18.2 Å². The minimum absolute atomic E-state index is 0.304. The fraction of sp³-hybridized carbons (Fsp3) is 0.455. The van der Waals surface area contributed by atoms with Crippen molar-refractivity contribution < 1.29 is 9.13 Å². The van der Waals surface area contributed by atoms with Gasteiger partial charge < -0.3 is 15.4 Å². The molecule has 2 N–H and O–H groups in total. The van der Waals surface area contributed by atoms with Crippen LogP contribution in [0.1, 0.15) is 0 Å². The summed E-state index contributed by atoms with van der Waals surface area (Å²) < 4.78 is 18.4. The molecule has 0 aliphatic carbocycles. The molecule has 0 aromatic heterocycles. The molecule has 0 fully saturated rings. The van der Waals surface area contributed by atoms with E-state index in [-0.39, 0.29) is 5.82 Å². The Kier molecular flexibility index (Phi) is 5.07. The van der Waals surface area contributed by atoms with Gasteiger partial charge in [-0.05, 0) is 19.2 Å². The van der Waals surface area contributed by atoms with Gasteiger partial charge in [0.05, 0.1) is 0 Å². The normalized spacial score (nSPS) is 10.7. The molecule has 1 aromatic rings. The maximum absolute atomic E-state index is 13.1. The van der Waals surface area contributed by atoms with Crippen LogP contribution in [0.25, 0.3) is 0 Å². The summed E-state index contributed by atoms with van der Waals surface area (Å²) in [6.07, 6.45) is 0. The predicted molar refractivity (Wildman–Crippen MR) is 58.4 cm³/mol. The topological polar surface area (TPSA) is 38.5 Å². The van der Waals surface area contributed by atoms with Crippen LogP contribution < -0.4 is 10.5 Å². The molecule has 0 aliphatic heterocycles. The lowest BCUT2D eigenvalue weighted by atomic mass is 10.3. The van der Waals surface area contributed by atoms with Crippen LogP contribution in [-0.2, 0) is 0 Å². The number of hydrogen-bond donors (Lipinski definition) is 1. The summed E-state index contributed by atoms with van der Waals surface area (Å²) in [6.45, 7) is 2.65. The second kappa shape index (κ2) is 6.37. The molecule has 0 radical (unpaired) electrons. The van der Waals surface area contributed by atoms with Gasteiger partial charge in [-0.25, -0.2) is 4.39 Å². The summed E-state index contributed by atoms with van der Waals surface area (Å²) in [5.41, 5.74) is 5.39. The van der Waals surface area contributed by atoms with Gasteiger partial charge in [-0.1, -0.05) is 12.1 Å². The largest absolute Gasteiger partial charge is 0.489 e. The van der Waals surface area contributed by atoms with Crippen molar-refractivity contribution in [1.82, 2.24) is 4.90 Å². The SMILES string of the molecule is CN(CCN)CCOc1ccccc1F. The van der Waals surface area contributed by atoms with E-state index in [1.165, 1.54) is 6.07 Å². The van der Waals surface area contributed by atoms with Crippen molar-refractivity contribution in [3.05, 3.63) is 30.1 Å². The second-order valence-corrected chi connectivity index (χ2v) is 3.37. The van der Waals surface area contributed by atoms with Crippen LogP contribution in [0.15, 0.2) is 24.3 Å². The smallest absolute Gasteiger partial charge is 0.165 e. The lowest BCUT2D eigenvalue weighted by molar-refractivity contribution is 0.234. The molecule has 3 nitrogen and oxygen atoms in total. The summed E-state index contributed by atoms with van der Waals surface area (Å²) in [5, 5.41) is 0. The van der Waals surface area contributed by atoms with Crippen LogP contribution in [0.2, 0.25) is 0 Å². The Bertz CT molecular complexity index is 294. The van der Waals surface area contributed by atoms with Gasteiger partial charge in [0.2, 0.25) is 0 Å². The Morgan fingerprint density at radius 3 is 2.73 bits per heavy atom. The minimum Gasteiger partial charge on any atom is -0.489 e. The van der Waals surface area contributed by atoms with Crippen LogP contribution in [0.4, 0.5) is 4.39 Å². The first-order chi connectivity index (χ1) is 7.24. The number of nitrogens with zero attached hydrogens (tertiary/aromatic N) is 1. The first-order valence-corrected chi connectivity index (χ1v) is 5.00. The van der Waals surface area contributed by atoms with E-state index in [9.17, 15) is 4.39 Å². The third kappa shape index (κ3) is 4.27. The highest BCUT2D eigenvalue weighted by Gasteiger charge is 2.01. The molecule has 0 bridgehead atoms. The van der Waals surface area contributed by atoms with Gasteiger partial charge in [0, 0.05) is 19.6 Å². The van der Waals surface area contributed by atoms with E-state index in [0.29, 0.717) is 18.9 Å². The molecule has 0 atom stereocenters. The number of rotatable bonds is 6. The van der Waals surface area contributed by atoms with Crippen molar-refractivity contribution >= 4 is 0 Å². The zero-order valence-corrected chi connectivity index (χ0v) is 8.95. The number of likely N-dealkylation sites (N-methyl/N-ethyl adjacent to an activating group) is 1. The molecule has 0 aliphatic rings.